The van der Waals surface area contributed by atoms with Gasteiger partial charge in [-0.1, -0.05) is 0 Å². The van der Waals surface area contributed by atoms with Gasteiger partial charge in [0.25, 0.3) is 5.91 Å². The molecule has 3 N–H and O–H groups in total. The molecule has 0 fully saturated rings. The summed E-state index contributed by atoms with van der Waals surface area (Å²) in [7, 11) is -3.63. The van der Waals surface area contributed by atoms with E-state index in [1.54, 1.807) is 31.2 Å². The van der Waals surface area contributed by atoms with E-state index in [-0.39, 0.29) is 40.8 Å². The number of anilines is 1. The standard InChI is InChI=1S/C25H21FN6O3S/c1-14-5-23(28)32-21(11-27)20(14)13-31-25(33)16-3-4-29-19(10-16)7-15-6-17-9-18(26)12-30-24(17)22(8-15)36(2,34)35/h3-6,8-10,12H,7,13H2,1-2H3,(H2,28,32)(H,31,33). The van der Waals surface area contributed by atoms with Crippen LogP contribution >= 0.6 is 0 Å². The molecule has 0 bridgehead atoms. The molecule has 0 atom stereocenters. The molecule has 0 unspecified atom stereocenters. The Bertz CT molecular complexity index is 1660. The molecule has 0 aliphatic carbocycles. The van der Waals surface area contributed by atoms with Gasteiger partial charge in [0, 0.05) is 47.6 Å². The molecule has 0 aliphatic heterocycles. The highest BCUT2D eigenvalue weighted by Crippen LogP contribution is 2.25. The van der Waals surface area contributed by atoms with E-state index in [2.05, 4.69) is 20.3 Å². The summed E-state index contributed by atoms with van der Waals surface area (Å²) >= 11 is 0. The fourth-order valence-corrected chi connectivity index (χ4v) is 4.76. The second kappa shape index (κ2) is 9.67. The van der Waals surface area contributed by atoms with Crippen molar-refractivity contribution in [3.05, 3.63) is 88.3 Å². The maximum Gasteiger partial charge on any atom is 0.251 e. The lowest BCUT2D eigenvalue weighted by molar-refractivity contribution is 0.0950. The Morgan fingerprint density at radius 2 is 1.97 bits per heavy atom. The topological polar surface area (TPSA) is 152 Å². The first-order valence-corrected chi connectivity index (χ1v) is 12.6. The molecule has 4 aromatic rings. The number of rotatable bonds is 6. The number of hydrogen-bond donors (Lipinski definition) is 2. The maximum absolute atomic E-state index is 13.8. The molecular formula is C25H21FN6O3S. The Labute approximate surface area is 206 Å². The summed E-state index contributed by atoms with van der Waals surface area (Å²) in [6.07, 6.45) is 3.72. The second-order valence-electron chi connectivity index (χ2n) is 8.29. The van der Waals surface area contributed by atoms with Crippen molar-refractivity contribution in [3.8, 4) is 6.07 Å². The summed E-state index contributed by atoms with van der Waals surface area (Å²) in [6, 6.07) is 11.1. The number of fused-ring (bicyclic) bond motifs is 1. The minimum absolute atomic E-state index is 0.00956. The van der Waals surface area contributed by atoms with E-state index in [0.717, 1.165) is 18.0 Å². The third-order valence-electron chi connectivity index (χ3n) is 5.54. The molecule has 36 heavy (non-hydrogen) atoms. The van der Waals surface area contributed by atoms with E-state index in [1.807, 2.05) is 6.07 Å². The predicted octanol–water partition coefficient (Wildman–Crippen LogP) is 2.85. The lowest BCUT2D eigenvalue weighted by Gasteiger charge is -2.11. The second-order valence-corrected chi connectivity index (χ2v) is 10.3. The van der Waals surface area contributed by atoms with E-state index in [0.29, 0.717) is 27.8 Å². The zero-order valence-corrected chi connectivity index (χ0v) is 20.2. The number of aromatic nitrogens is 3. The molecule has 0 saturated carbocycles. The third kappa shape index (κ3) is 5.29. The summed E-state index contributed by atoms with van der Waals surface area (Å²) in [5.41, 5.74) is 8.74. The van der Waals surface area contributed by atoms with Crippen molar-refractivity contribution < 1.29 is 17.6 Å². The number of nitriles is 1. The number of pyridine rings is 3. The Hall–Kier alpha value is -4.43. The van der Waals surface area contributed by atoms with Gasteiger partial charge in [-0.3, -0.25) is 14.8 Å². The Kier molecular flexibility index (Phi) is 6.63. The number of halogens is 1. The van der Waals surface area contributed by atoms with Crippen molar-refractivity contribution in [1.82, 2.24) is 20.3 Å². The fraction of sp³-hybridized carbons (Fsp3) is 0.160. The van der Waals surface area contributed by atoms with Gasteiger partial charge < -0.3 is 11.1 Å². The van der Waals surface area contributed by atoms with E-state index in [1.165, 1.54) is 18.3 Å². The molecule has 0 saturated heterocycles. The number of nitrogens with zero attached hydrogens (tertiary/aromatic N) is 4. The highest BCUT2D eigenvalue weighted by atomic mass is 32.2. The third-order valence-corrected chi connectivity index (χ3v) is 6.65. The number of hydrogen-bond acceptors (Lipinski definition) is 8. The Morgan fingerprint density at radius 1 is 1.19 bits per heavy atom. The molecule has 0 spiro atoms. The molecular weight excluding hydrogens is 483 g/mol. The number of sulfone groups is 1. The molecule has 9 nitrogen and oxygen atoms in total. The van der Waals surface area contributed by atoms with Crippen LogP contribution in [0, 0.1) is 24.1 Å². The van der Waals surface area contributed by atoms with Gasteiger partial charge in [0.15, 0.2) is 9.84 Å². The molecule has 0 aliphatic rings. The van der Waals surface area contributed by atoms with Gasteiger partial charge >= 0.3 is 0 Å². The number of carbonyl (C=O) groups is 1. The smallest absolute Gasteiger partial charge is 0.251 e. The van der Waals surface area contributed by atoms with Gasteiger partial charge in [-0.15, -0.1) is 0 Å². The first-order chi connectivity index (χ1) is 17.0. The number of benzene rings is 1. The quantitative estimate of drug-likeness (QED) is 0.407. The van der Waals surface area contributed by atoms with Crippen LogP contribution < -0.4 is 11.1 Å². The van der Waals surface area contributed by atoms with Crippen LogP contribution in [0.25, 0.3) is 10.9 Å². The minimum Gasteiger partial charge on any atom is -0.384 e. The van der Waals surface area contributed by atoms with E-state index < -0.39 is 15.7 Å². The predicted molar refractivity (Wildman–Crippen MR) is 131 cm³/mol. The van der Waals surface area contributed by atoms with Gasteiger partial charge in [-0.2, -0.15) is 5.26 Å². The summed E-state index contributed by atoms with van der Waals surface area (Å²) < 4.78 is 38.4. The molecule has 3 aromatic heterocycles. The van der Waals surface area contributed by atoms with Crippen molar-refractivity contribution in [2.24, 2.45) is 0 Å². The molecule has 0 radical (unpaired) electrons. The number of nitrogen functional groups attached to an aromatic ring is 1. The minimum atomic E-state index is -3.63. The summed E-state index contributed by atoms with van der Waals surface area (Å²) in [4.78, 5) is 25.0. The highest BCUT2D eigenvalue weighted by molar-refractivity contribution is 7.91. The SMILES string of the molecule is Cc1cc(N)nc(C#N)c1CNC(=O)c1ccnc(Cc2cc(S(C)(=O)=O)c3ncc(F)cc3c2)c1. The lowest BCUT2D eigenvalue weighted by atomic mass is 10.0. The molecule has 3 heterocycles. The fourth-order valence-electron chi connectivity index (χ4n) is 3.87. The first kappa shape index (κ1) is 24.7. The Balaban J connectivity index is 1.59. The van der Waals surface area contributed by atoms with Crippen LogP contribution in [0.2, 0.25) is 0 Å². The molecule has 182 valence electrons. The molecule has 1 aromatic carbocycles. The monoisotopic (exact) mass is 504 g/mol. The van der Waals surface area contributed by atoms with Crippen molar-refractivity contribution in [2.45, 2.75) is 24.8 Å². The van der Waals surface area contributed by atoms with E-state index >= 15 is 0 Å². The Morgan fingerprint density at radius 3 is 2.69 bits per heavy atom. The number of nitrogens with two attached hydrogens (primary N) is 1. The largest absolute Gasteiger partial charge is 0.384 e. The summed E-state index contributed by atoms with van der Waals surface area (Å²) in [5, 5.41) is 12.4. The van der Waals surface area contributed by atoms with Crippen molar-refractivity contribution in [2.75, 3.05) is 12.0 Å². The zero-order valence-electron chi connectivity index (χ0n) is 19.4. The number of nitrogens with one attached hydrogen (secondary N) is 1. The molecule has 1 amide bonds. The van der Waals surface area contributed by atoms with Gasteiger partial charge in [0.2, 0.25) is 0 Å². The van der Waals surface area contributed by atoms with Crippen LogP contribution in [0.4, 0.5) is 10.2 Å². The molecule has 11 heteroatoms. The number of amides is 1. The normalized spacial score (nSPS) is 11.3. The van der Waals surface area contributed by atoms with Crippen LogP contribution in [-0.2, 0) is 22.8 Å². The van der Waals surface area contributed by atoms with Gasteiger partial charge in [-0.05, 0) is 54.4 Å². The van der Waals surface area contributed by atoms with Crippen molar-refractivity contribution in [1.29, 1.82) is 5.26 Å². The van der Waals surface area contributed by atoms with Crippen LogP contribution in [0.1, 0.15) is 38.4 Å². The van der Waals surface area contributed by atoms with Gasteiger partial charge in [-0.25, -0.2) is 17.8 Å². The maximum atomic E-state index is 13.8. The van der Waals surface area contributed by atoms with Gasteiger partial charge in [0.1, 0.15) is 23.4 Å². The van der Waals surface area contributed by atoms with Crippen LogP contribution in [-0.4, -0.2) is 35.5 Å². The van der Waals surface area contributed by atoms with Crippen molar-refractivity contribution >= 4 is 32.5 Å². The first-order valence-electron chi connectivity index (χ1n) is 10.7. The number of carbonyl (C=O) groups excluding carboxylic acids is 1. The van der Waals surface area contributed by atoms with Crippen LogP contribution in [0.15, 0.2) is 53.7 Å². The molecule has 4 rings (SSSR count). The van der Waals surface area contributed by atoms with Gasteiger partial charge in [0.05, 0.1) is 16.6 Å². The average molecular weight is 505 g/mol. The van der Waals surface area contributed by atoms with E-state index in [9.17, 15) is 22.9 Å². The van der Waals surface area contributed by atoms with Crippen LogP contribution in [0.3, 0.4) is 0 Å². The zero-order chi connectivity index (χ0) is 26.0. The lowest BCUT2D eigenvalue weighted by Crippen LogP contribution is -2.24. The summed E-state index contributed by atoms with van der Waals surface area (Å²) in [5.74, 6) is -0.744. The van der Waals surface area contributed by atoms with Crippen molar-refractivity contribution in [3.63, 3.8) is 0 Å². The highest BCUT2D eigenvalue weighted by Gasteiger charge is 2.17. The van der Waals surface area contributed by atoms with Crippen LogP contribution in [0.5, 0.6) is 0 Å². The number of aryl methyl sites for hydroxylation is 1. The average Bonchev–Trinajstić information content (AvgIpc) is 2.81. The summed E-state index contributed by atoms with van der Waals surface area (Å²) in [6.45, 7) is 1.86. The van der Waals surface area contributed by atoms with E-state index in [4.69, 9.17) is 5.73 Å².